The van der Waals surface area contributed by atoms with Crippen LogP contribution in [0.2, 0.25) is 0 Å². The fourth-order valence-electron chi connectivity index (χ4n) is 3.18. The summed E-state index contributed by atoms with van der Waals surface area (Å²) >= 11 is 0. The van der Waals surface area contributed by atoms with Gasteiger partial charge in [-0.1, -0.05) is 13.8 Å². The maximum absolute atomic E-state index is 11.1. The molecule has 0 amide bonds. The molecule has 0 aromatic rings. The fraction of sp³-hybridized carbons (Fsp3) is 0.923. The highest BCUT2D eigenvalue weighted by molar-refractivity contribution is 5.69. The monoisotopic (exact) mass is 228 g/mol. The smallest absolute Gasteiger partial charge is 0.306 e. The predicted molar refractivity (Wildman–Crippen MR) is 65.1 cm³/mol. The summed E-state index contributed by atoms with van der Waals surface area (Å²) in [6, 6.07) is 0. The summed E-state index contributed by atoms with van der Waals surface area (Å²) in [7, 11) is 4.51. The molecule has 1 rings (SSSR count). The molecular formula is C13H26NO2+. The molecule has 1 aliphatic heterocycles. The van der Waals surface area contributed by atoms with Gasteiger partial charge in [0.1, 0.15) is 0 Å². The lowest BCUT2D eigenvalue weighted by atomic mass is 9.84. The minimum absolute atomic E-state index is 0.142. The van der Waals surface area contributed by atoms with Gasteiger partial charge in [0, 0.05) is 11.8 Å². The van der Waals surface area contributed by atoms with Crippen molar-refractivity contribution in [2.24, 2.45) is 17.8 Å². The molecule has 16 heavy (non-hydrogen) atoms. The Hall–Kier alpha value is -0.570. The second-order valence-corrected chi connectivity index (χ2v) is 5.91. The van der Waals surface area contributed by atoms with E-state index < -0.39 is 5.97 Å². The first-order chi connectivity index (χ1) is 7.39. The third-order valence-corrected chi connectivity index (χ3v) is 4.08. The molecule has 1 fully saturated rings. The van der Waals surface area contributed by atoms with Gasteiger partial charge >= 0.3 is 5.97 Å². The third kappa shape index (κ3) is 3.21. The third-order valence-electron chi connectivity index (χ3n) is 4.08. The number of hydrogen-bond acceptors (Lipinski definition) is 1. The number of rotatable bonds is 5. The Morgan fingerprint density at radius 3 is 2.31 bits per heavy atom. The Labute approximate surface area is 99.0 Å². The van der Waals surface area contributed by atoms with Crippen LogP contribution in [0.4, 0.5) is 0 Å². The predicted octanol–water partition coefficient (Wildman–Crippen LogP) is 2.22. The summed E-state index contributed by atoms with van der Waals surface area (Å²) in [6.45, 7) is 6.55. The van der Waals surface area contributed by atoms with Gasteiger partial charge in [-0.25, -0.2) is 0 Å². The van der Waals surface area contributed by atoms with Gasteiger partial charge in [0.25, 0.3) is 0 Å². The van der Waals surface area contributed by atoms with E-state index >= 15 is 0 Å². The number of hydrogen-bond donors (Lipinski definition) is 1. The van der Waals surface area contributed by atoms with Crippen LogP contribution in [0.3, 0.4) is 0 Å². The van der Waals surface area contributed by atoms with Crippen LogP contribution < -0.4 is 0 Å². The maximum atomic E-state index is 11.1. The Morgan fingerprint density at radius 2 is 1.88 bits per heavy atom. The zero-order valence-corrected chi connectivity index (χ0v) is 11.1. The quantitative estimate of drug-likeness (QED) is 0.733. The van der Waals surface area contributed by atoms with E-state index in [1.807, 2.05) is 6.92 Å². The standard InChI is InChI=1S/C13H25NO2/c1-5-10(13(15)16)7-12-9-14(3,4)8-11(12)6-2/h10-12H,5-9H2,1-4H3/p+1. The Bertz CT molecular complexity index is 250. The van der Waals surface area contributed by atoms with Crippen molar-refractivity contribution in [3.05, 3.63) is 0 Å². The summed E-state index contributed by atoms with van der Waals surface area (Å²) in [4.78, 5) is 11.1. The number of carbonyl (C=O) groups is 1. The van der Waals surface area contributed by atoms with E-state index in [2.05, 4.69) is 21.0 Å². The average Bonchev–Trinajstić information content (AvgIpc) is 2.49. The second-order valence-electron chi connectivity index (χ2n) is 5.91. The molecule has 0 radical (unpaired) electrons. The zero-order chi connectivity index (χ0) is 12.3. The number of likely N-dealkylation sites (tertiary alicyclic amines) is 1. The van der Waals surface area contributed by atoms with E-state index in [-0.39, 0.29) is 5.92 Å². The minimum atomic E-state index is -0.616. The average molecular weight is 228 g/mol. The van der Waals surface area contributed by atoms with Crippen LogP contribution >= 0.6 is 0 Å². The van der Waals surface area contributed by atoms with Crippen molar-refractivity contribution >= 4 is 5.97 Å². The van der Waals surface area contributed by atoms with Gasteiger partial charge in [0.2, 0.25) is 0 Å². The SMILES string of the molecule is CCC(CC1C[N+](C)(C)CC1CC)C(=O)O. The Balaban J connectivity index is 2.62. The zero-order valence-electron chi connectivity index (χ0n) is 11.1. The number of carboxylic acid groups (broad SMARTS) is 1. The van der Waals surface area contributed by atoms with Crippen LogP contribution in [0.1, 0.15) is 33.1 Å². The summed E-state index contributed by atoms with van der Waals surface area (Å²) < 4.78 is 1.05. The summed E-state index contributed by atoms with van der Waals surface area (Å²) in [5.41, 5.74) is 0. The summed E-state index contributed by atoms with van der Waals surface area (Å²) in [6.07, 6.45) is 2.81. The Morgan fingerprint density at radius 1 is 1.31 bits per heavy atom. The van der Waals surface area contributed by atoms with Crippen molar-refractivity contribution in [3.63, 3.8) is 0 Å². The molecule has 0 bridgehead atoms. The van der Waals surface area contributed by atoms with Gasteiger partial charge < -0.3 is 9.59 Å². The van der Waals surface area contributed by atoms with Crippen LogP contribution in [0, 0.1) is 17.8 Å². The first-order valence-corrected chi connectivity index (χ1v) is 6.44. The first kappa shape index (κ1) is 13.5. The minimum Gasteiger partial charge on any atom is -0.481 e. The number of nitrogens with zero attached hydrogens (tertiary/aromatic N) is 1. The molecule has 1 saturated heterocycles. The van der Waals surface area contributed by atoms with E-state index in [1.165, 1.54) is 13.0 Å². The summed E-state index contributed by atoms with van der Waals surface area (Å²) in [5.74, 6) is 0.552. The van der Waals surface area contributed by atoms with E-state index in [0.29, 0.717) is 11.8 Å². The van der Waals surface area contributed by atoms with Crippen molar-refractivity contribution in [1.29, 1.82) is 0 Å². The number of carboxylic acids is 1. The molecule has 3 heteroatoms. The van der Waals surface area contributed by atoms with Crippen molar-refractivity contribution < 1.29 is 14.4 Å². The van der Waals surface area contributed by atoms with Gasteiger partial charge in [-0.3, -0.25) is 4.79 Å². The lowest BCUT2D eigenvalue weighted by Crippen LogP contribution is -2.37. The van der Waals surface area contributed by atoms with Gasteiger partial charge in [0.15, 0.2) is 0 Å². The second kappa shape index (κ2) is 5.17. The van der Waals surface area contributed by atoms with Gasteiger partial charge in [-0.2, -0.15) is 0 Å². The van der Waals surface area contributed by atoms with Crippen molar-refractivity contribution in [2.75, 3.05) is 27.2 Å². The van der Waals surface area contributed by atoms with Gasteiger partial charge in [0.05, 0.1) is 33.1 Å². The molecule has 3 atom stereocenters. The Kier molecular flexibility index (Phi) is 4.36. The van der Waals surface area contributed by atoms with E-state index in [9.17, 15) is 4.79 Å². The molecule has 0 aliphatic carbocycles. The highest BCUT2D eigenvalue weighted by atomic mass is 16.4. The van der Waals surface area contributed by atoms with Crippen molar-refractivity contribution in [2.45, 2.75) is 33.1 Å². The largest absolute Gasteiger partial charge is 0.481 e. The molecule has 1 N–H and O–H groups in total. The lowest BCUT2D eigenvalue weighted by Gasteiger charge is -2.23. The highest BCUT2D eigenvalue weighted by Crippen LogP contribution is 2.34. The maximum Gasteiger partial charge on any atom is 0.306 e. The lowest BCUT2D eigenvalue weighted by molar-refractivity contribution is -0.880. The molecule has 0 aromatic carbocycles. The molecule has 0 aromatic heterocycles. The van der Waals surface area contributed by atoms with Gasteiger partial charge in [-0.15, -0.1) is 0 Å². The normalized spacial score (nSPS) is 30.2. The number of aliphatic carboxylic acids is 1. The summed E-state index contributed by atoms with van der Waals surface area (Å²) in [5, 5.41) is 9.12. The van der Waals surface area contributed by atoms with E-state index in [1.54, 1.807) is 0 Å². The molecule has 0 saturated carbocycles. The number of quaternary nitrogens is 1. The van der Waals surface area contributed by atoms with Crippen LogP contribution in [0.15, 0.2) is 0 Å². The van der Waals surface area contributed by atoms with Crippen LogP contribution in [0.25, 0.3) is 0 Å². The molecule has 1 aliphatic rings. The topological polar surface area (TPSA) is 37.3 Å². The molecule has 0 spiro atoms. The molecular weight excluding hydrogens is 202 g/mol. The molecule has 1 heterocycles. The van der Waals surface area contributed by atoms with Crippen LogP contribution in [0.5, 0.6) is 0 Å². The fourth-order valence-corrected chi connectivity index (χ4v) is 3.18. The van der Waals surface area contributed by atoms with E-state index in [0.717, 1.165) is 23.9 Å². The molecule has 3 unspecified atom stereocenters. The van der Waals surface area contributed by atoms with Crippen molar-refractivity contribution in [1.82, 2.24) is 0 Å². The van der Waals surface area contributed by atoms with Crippen LogP contribution in [-0.2, 0) is 4.79 Å². The van der Waals surface area contributed by atoms with Crippen LogP contribution in [-0.4, -0.2) is 42.7 Å². The van der Waals surface area contributed by atoms with Gasteiger partial charge in [-0.05, 0) is 19.3 Å². The molecule has 94 valence electrons. The van der Waals surface area contributed by atoms with E-state index in [4.69, 9.17) is 5.11 Å². The van der Waals surface area contributed by atoms with Crippen molar-refractivity contribution in [3.8, 4) is 0 Å². The first-order valence-electron chi connectivity index (χ1n) is 6.44. The molecule has 3 nitrogen and oxygen atoms in total. The highest BCUT2D eigenvalue weighted by Gasteiger charge is 2.40.